The highest BCUT2D eigenvalue weighted by Gasteiger charge is 2.43. The molecule has 0 aliphatic rings. The lowest BCUT2D eigenvalue weighted by molar-refractivity contribution is -0.202. The van der Waals surface area contributed by atoms with Crippen molar-refractivity contribution in [2.24, 2.45) is 5.73 Å². The quantitative estimate of drug-likeness (QED) is 0.443. The number of hydrogen-bond donors (Lipinski definition) is 1. The molecular formula is C10H13ClF3NO5. The zero-order chi connectivity index (χ0) is 15.1. The number of halogens is 4. The zero-order valence-corrected chi connectivity index (χ0v) is 11.0. The van der Waals surface area contributed by atoms with Crippen molar-refractivity contribution in [3.05, 3.63) is 12.7 Å². The molecule has 0 spiro atoms. The second kappa shape index (κ2) is 9.32. The first-order chi connectivity index (χ1) is 8.68. The van der Waals surface area contributed by atoms with Crippen LogP contribution in [0.4, 0.5) is 13.2 Å². The average Bonchev–Trinajstić information content (AvgIpc) is 2.31. The molecule has 0 saturated heterocycles. The Bertz CT molecular complexity index is 372. The summed E-state index contributed by atoms with van der Waals surface area (Å²) in [7, 11) is 0. The summed E-state index contributed by atoms with van der Waals surface area (Å²) in [4.78, 5) is 32.3. The molecule has 6 nitrogen and oxygen atoms in total. The van der Waals surface area contributed by atoms with E-state index in [2.05, 4.69) is 16.1 Å². The Morgan fingerprint density at radius 3 is 2.30 bits per heavy atom. The Morgan fingerprint density at radius 1 is 1.30 bits per heavy atom. The van der Waals surface area contributed by atoms with Crippen molar-refractivity contribution >= 4 is 30.3 Å². The van der Waals surface area contributed by atoms with Gasteiger partial charge in [-0.2, -0.15) is 13.2 Å². The lowest BCUT2D eigenvalue weighted by atomic mass is 10.2. The van der Waals surface area contributed by atoms with E-state index in [1.54, 1.807) is 0 Å². The van der Waals surface area contributed by atoms with E-state index in [1.165, 1.54) is 6.08 Å². The number of hydrogen-bond acceptors (Lipinski definition) is 6. The molecule has 2 N–H and O–H groups in total. The highest BCUT2D eigenvalue weighted by molar-refractivity contribution is 5.91. The summed E-state index contributed by atoms with van der Waals surface area (Å²) in [5.41, 5.74) is 5.16. The maximum Gasteiger partial charge on any atom is 0.491 e. The number of nitrogens with two attached hydrogens (primary N) is 1. The predicted molar refractivity (Wildman–Crippen MR) is 62.8 cm³/mol. The number of ether oxygens (including phenoxy) is 2. The van der Waals surface area contributed by atoms with Crippen molar-refractivity contribution in [1.82, 2.24) is 0 Å². The minimum Gasteiger partial charge on any atom is -0.461 e. The molecule has 116 valence electrons. The highest BCUT2D eigenvalue weighted by Crippen LogP contribution is 2.17. The molecule has 0 aromatic carbocycles. The third-order valence-corrected chi connectivity index (χ3v) is 1.75. The SMILES string of the molecule is C=CCOC(=O)CC[C@@H](N)C(=O)OC(=O)C(F)(F)F.Cl. The number of rotatable bonds is 6. The number of alkyl halides is 3. The second-order valence-electron chi connectivity index (χ2n) is 3.32. The molecular weight excluding hydrogens is 307 g/mol. The lowest BCUT2D eigenvalue weighted by Crippen LogP contribution is -2.38. The molecule has 0 bridgehead atoms. The molecule has 0 fully saturated rings. The molecule has 1 atom stereocenters. The number of esters is 3. The zero-order valence-electron chi connectivity index (χ0n) is 10.1. The van der Waals surface area contributed by atoms with Crippen LogP contribution in [0.15, 0.2) is 12.7 Å². The van der Waals surface area contributed by atoms with Gasteiger partial charge >= 0.3 is 24.1 Å². The topological polar surface area (TPSA) is 95.7 Å². The fourth-order valence-corrected chi connectivity index (χ4v) is 0.840. The van der Waals surface area contributed by atoms with Crippen molar-refractivity contribution in [3.63, 3.8) is 0 Å². The third kappa shape index (κ3) is 8.48. The van der Waals surface area contributed by atoms with Gasteiger partial charge in [-0.15, -0.1) is 12.4 Å². The summed E-state index contributed by atoms with van der Waals surface area (Å²) in [6.45, 7) is 3.26. The van der Waals surface area contributed by atoms with Gasteiger partial charge in [-0.1, -0.05) is 12.7 Å². The van der Waals surface area contributed by atoms with Crippen molar-refractivity contribution in [2.75, 3.05) is 6.61 Å². The Morgan fingerprint density at radius 2 is 1.85 bits per heavy atom. The summed E-state index contributed by atoms with van der Waals surface area (Å²) in [5.74, 6) is -4.91. The molecule has 0 aliphatic carbocycles. The van der Waals surface area contributed by atoms with Crippen molar-refractivity contribution in [1.29, 1.82) is 0 Å². The van der Waals surface area contributed by atoms with E-state index in [9.17, 15) is 27.6 Å². The minimum atomic E-state index is -5.28. The lowest BCUT2D eigenvalue weighted by Gasteiger charge is -2.10. The highest BCUT2D eigenvalue weighted by atomic mass is 35.5. The third-order valence-electron chi connectivity index (χ3n) is 1.75. The molecule has 0 saturated carbocycles. The smallest absolute Gasteiger partial charge is 0.461 e. The van der Waals surface area contributed by atoms with Crippen LogP contribution in [0, 0.1) is 0 Å². The van der Waals surface area contributed by atoms with E-state index in [4.69, 9.17) is 5.73 Å². The standard InChI is InChI=1S/C10H12F3NO5.ClH/c1-2-5-18-7(15)4-3-6(14)8(16)19-9(17)10(11,12)13;/h2,6H,1,3-5,14H2;1H/t6-;/m1./s1. The van der Waals surface area contributed by atoms with Gasteiger partial charge in [0.1, 0.15) is 12.6 Å². The van der Waals surface area contributed by atoms with E-state index < -0.39 is 30.1 Å². The van der Waals surface area contributed by atoms with Crippen LogP contribution in [0.1, 0.15) is 12.8 Å². The van der Waals surface area contributed by atoms with Gasteiger partial charge in [-0.05, 0) is 6.42 Å². The van der Waals surface area contributed by atoms with E-state index in [1.807, 2.05) is 0 Å². The van der Waals surface area contributed by atoms with Crippen LogP contribution in [0.2, 0.25) is 0 Å². The molecule has 0 aromatic rings. The van der Waals surface area contributed by atoms with Gasteiger partial charge < -0.3 is 15.2 Å². The summed E-state index contributed by atoms with van der Waals surface area (Å²) < 4.78 is 43.4. The van der Waals surface area contributed by atoms with Gasteiger partial charge in [-0.25, -0.2) is 9.59 Å². The van der Waals surface area contributed by atoms with E-state index in [-0.39, 0.29) is 31.9 Å². The molecule has 0 radical (unpaired) electrons. The van der Waals surface area contributed by atoms with Gasteiger partial charge in [-0.3, -0.25) is 4.79 Å². The number of carbonyl (C=O) groups excluding carboxylic acids is 3. The Balaban J connectivity index is 0. The molecule has 0 aliphatic heterocycles. The molecule has 10 heteroatoms. The monoisotopic (exact) mass is 319 g/mol. The summed E-state index contributed by atoms with van der Waals surface area (Å²) in [6, 6.07) is -1.53. The molecule has 0 aromatic heterocycles. The summed E-state index contributed by atoms with van der Waals surface area (Å²) >= 11 is 0. The van der Waals surface area contributed by atoms with E-state index in [0.29, 0.717) is 0 Å². The van der Waals surface area contributed by atoms with Crippen LogP contribution in [0.3, 0.4) is 0 Å². The van der Waals surface area contributed by atoms with Crippen LogP contribution in [0.25, 0.3) is 0 Å². The van der Waals surface area contributed by atoms with Gasteiger partial charge in [0, 0.05) is 6.42 Å². The van der Waals surface area contributed by atoms with Gasteiger partial charge in [0.05, 0.1) is 0 Å². The normalized spacial score (nSPS) is 11.8. The Kier molecular flexibility index (Phi) is 9.65. The van der Waals surface area contributed by atoms with E-state index >= 15 is 0 Å². The van der Waals surface area contributed by atoms with Crippen molar-refractivity contribution < 1.29 is 37.0 Å². The van der Waals surface area contributed by atoms with Crippen LogP contribution < -0.4 is 5.73 Å². The van der Waals surface area contributed by atoms with E-state index in [0.717, 1.165) is 0 Å². The maximum absolute atomic E-state index is 11.8. The second-order valence-corrected chi connectivity index (χ2v) is 3.32. The van der Waals surface area contributed by atoms with Crippen LogP contribution in [-0.4, -0.2) is 36.7 Å². The van der Waals surface area contributed by atoms with Crippen molar-refractivity contribution in [3.8, 4) is 0 Å². The van der Waals surface area contributed by atoms with Gasteiger partial charge in [0.2, 0.25) is 0 Å². The average molecular weight is 320 g/mol. The van der Waals surface area contributed by atoms with Crippen molar-refractivity contribution in [2.45, 2.75) is 25.1 Å². The van der Waals surface area contributed by atoms with Gasteiger partial charge in [0.15, 0.2) is 0 Å². The fourth-order valence-electron chi connectivity index (χ4n) is 0.840. The first kappa shape index (κ1) is 20.7. The summed E-state index contributed by atoms with van der Waals surface area (Å²) in [6.07, 6.45) is -4.57. The first-order valence-corrected chi connectivity index (χ1v) is 5.03. The molecule has 0 heterocycles. The van der Waals surface area contributed by atoms with Gasteiger partial charge in [0.25, 0.3) is 0 Å². The molecule has 20 heavy (non-hydrogen) atoms. The van der Waals surface area contributed by atoms with Crippen LogP contribution in [-0.2, 0) is 23.9 Å². The summed E-state index contributed by atoms with van der Waals surface area (Å²) in [5, 5.41) is 0. The number of carbonyl (C=O) groups is 3. The maximum atomic E-state index is 11.8. The fraction of sp³-hybridized carbons (Fsp3) is 0.500. The van der Waals surface area contributed by atoms with Crippen LogP contribution >= 0.6 is 12.4 Å². The molecule has 0 unspecified atom stereocenters. The minimum absolute atomic E-state index is 0. The van der Waals surface area contributed by atoms with Crippen LogP contribution in [0.5, 0.6) is 0 Å². The first-order valence-electron chi connectivity index (χ1n) is 5.03. The predicted octanol–water partition coefficient (Wildman–Crippen LogP) is 0.877. The Labute approximate surface area is 118 Å². The largest absolute Gasteiger partial charge is 0.491 e. The molecule has 0 amide bonds. The Hall–Kier alpha value is -1.61. The molecule has 0 rings (SSSR count).